The minimum atomic E-state index is 0.119. The minimum Gasteiger partial charge on any atom is -0.497 e. The van der Waals surface area contributed by atoms with Gasteiger partial charge in [0.15, 0.2) is 0 Å². The summed E-state index contributed by atoms with van der Waals surface area (Å²) >= 11 is 1.57. The molecule has 0 spiro atoms. The van der Waals surface area contributed by atoms with Gasteiger partial charge in [0.05, 0.1) is 18.6 Å². The van der Waals surface area contributed by atoms with Crippen molar-refractivity contribution < 1.29 is 13.9 Å². The Bertz CT molecular complexity index is 767. The summed E-state index contributed by atoms with van der Waals surface area (Å²) in [6.07, 6.45) is 4.63. The van der Waals surface area contributed by atoms with Crippen molar-refractivity contribution in [3.05, 3.63) is 35.7 Å². The van der Waals surface area contributed by atoms with Crippen LogP contribution in [0.4, 0.5) is 0 Å². The fraction of sp³-hybridized carbons (Fsp3) is 0.524. The number of aryl methyl sites for hydroxylation is 1. The lowest BCUT2D eigenvalue weighted by Gasteiger charge is -2.26. The van der Waals surface area contributed by atoms with Crippen molar-refractivity contribution in [3.63, 3.8) is 0 Å². The van der Waals surface area contributed by atoms with Crippen LogP contribution in [0.5, 0.6) is 5.75 Å². The maximum Gasteiger partial charge on any atom is 0.230 e. The summed E-state index contributed by atoms with van der Waals surface area (Å²) in [5.74, 6) is 4.18. The second-order valence-electron chi connectivity index (χ2n) is 7.27. The zero-order valence-electron chi connectivity index (χ0n) is 16.3. The molecule has 1 aromatic heterocycles. The summed E-state index contributed by atoms with van der Waals surface area (Å²) in [5.41, 5.74) is 1.77. The van der Waals surface area contributed by atoms with E-state index >= 15 is 0 Å². The molecule has 1 aromatic carbocycles. The number of ether oxygens (including phenoxy) is 1. The van der Waals surface area contributed by atoms with E-state index in [0.29, 0.717) is 23.4 Å². The first kappa shape index (κ1) is 19.8. The topological polar surface area (TPSA) is 64.4 Å². The molecule has 0 saturated heterocycles. The van der Waals surface area contributed by atoms with E-state index in [1.807, 2.05) is 31.2 Å². The number of methoxy groups -OCH3 is 1. The summed E-state index contributed by atoms with van der Waals surface area (Å²) < 4.78 is 11.1. The Morgan fingerprint density at radius 2 is 2.11 bits per heavy atom. The predicted molar refractivity (Wildman–Crippen MR) is 109 cm³/mol. The molecule has 27 heavy (non-hydrogen) atoms. The molecule has 1 heterocycles. The van der Waals surface area contributed by atoms with E-state index in [-0.39, 0.29) is 5.91 Å². The molecule has 0 unspecified atom stereocenters. The third-order valence-corrected chi connectivity index (χ3v) is 6.01. The number of hydrogen-bond donors (Lipinski definition) is 1. The van der Waals surface area contributed by atoms with E-state index in [1.165, 1.54) is 12.8 Å². The van der Waals surface area contributed by atoms with Crippen LogP contribution in [0, 0.1) is 12.8 Å². The molecule has 0 bridgehead atoms. The molecule has 6 heteroatoms. The van der Waals surface area contributed by atoms with Crippen molar-refractivity contribution in [1.29, 1.82) is 0 Å². The van der Waals surface area contributed by atoms with Gasteiger partial charge in [-0.15, -0.1) is 11.8 Å². The maximum atomic E-state index is 12.2. The number of oxazole rings is 1. The maximum absolute atomic E-state index is 12.2. The second-order valence-corrected chi connectivity index (χ2v) is 8.26. The van der Waals surface area contributed by atoms with Crippen molar-refractivity contribution in [2.75, 3.05) is 12.9 Å². The lowest BCUT2D eigenvalue weighted by atomic mass is 9.87. The molecule has 1 N–H and O–H groups in total. The van der Waals surface area contributed by atoms with Gasteiger partial charge in [0.2, 0.25) is 11.8 Å². The molecule has 1 aliphatic carbocycles. The molecule has 2 aromatic rings. The molecule has 1 amide bonds. The molecule has 5 nitrogen and oxygen atoms in total. The number of thioether (sulfide) groups is 1. The van der Waals surface area contributed by atoms with Crippen LogP contribution in [-0.2, 0) is 10.5 Å². The quantitative estimate of drug-likeness (QED) is 0.752. The van der Waals surface area contributed by atoms with Crippen LogP contribution in [0.1, 0.15) is 44.1 Å². The number of rotatable bonds is 7. The van der Waals surface area contributed by atoms with Crippen molar-refractivity contribution in [2.24, 2.45) is 5.92 Å². The molecular formula is C21H28N2O3S. The summed E-state index contributed by atoms with van der Waals surface area (Å²) in [6, 6.07) is 8.01. The first-order valence-corrected chi connectivity index (χ1v) is 10.7. The van der Waals surface area contributed by atoms with E-state index in [2.05, 4.69) is 17.2 Å². The summed E-state index contributed by atoms with van der Waals surface area (Å²) in [6.45, 7) is 4.20. The van der Waals surface area contributed by atoms with Crippen molar-refractivity contribution in [3.8, 4) is 17.2 Å². The van der Waals surface area contributed by atoms with Crippen LogP contribution in [0.2, 0.25) is 0 Å². The minimum absolute atomic E-state index is 0.119. The Morgan fingerprint density at radius 3 is 2.85 bits per heavy atom. The monoisotopic (exact) mass is 388 g/mol. The molecule has 1 aliphatic rings. The summed E-state index contributed by atoms with van der Waals surface area (Å²) in [7, 11) is 1.64. The Balaban J connectivity index is 1.49. The van der Waals surface area contributed by atoms with Crippen molar-refractivity contribution >= 4 is 17.7 Å². The number of nitrogens with one attached hydrogen (secondary N) is 1. The first-order valence-electron chi connectivity index (χ1n) is 9.53. The van der Waals surface area contributed by atoms with Gasteiger partial charge in [-0.25, -0.2) is 4.98 Å². The van der Waals surface area contributed by atoms with E-state index in [4.69, 9.17) is 9.15 Å². The Labute approximate surface area is 165 Å². The largest absolute Gasteiger partial charge is 0.497 e. The fourth-order valence-electron chi connectivity index (χ4n) is 3.36. The van der Waals surface area contributed by atoms with Gasteiger partial charge in [-0.3, -0.25) is 4.79 Å². The van der Waals surface area contributed by atoms with Gasteiger partial charge < -0.3 is 14.5 Å². The van der Waals surface area contributed by atoms with Crippen molar-refractivity contribution in [2.45, 2.75) is 51.3 Å². The number of aromatic nitrogens is 1. The average Bonchev–Trinajstić information content (AvgIpc) is 3.04. The number of carbonyl (C=O) groups is 1. The molecule has 0 atom stereocenters. The standard InChI is InChI=1S/C21H28N2O3S/c1-14-7-9-17(10-8-14)22-20(24)13-27-12-19-15(2)26-21(23-19)16-5-4-6-18(11-16)25-3/h4-6,11,14,17H,7-10,12-13H2,1-3H3,(H,22,24). The molecule has 3 rings (SSSR count). The van der Waals surface area contributed by atoms with E-state index in [9.17, 15) is 4.79 Å². The number of hydrogen-bond acceptors (Lipinski definition) is 5. The van der Waals surface area contributed by atoms with Crippen LogP contribution in [0.3, 0.4) is 0 Å². The highest BCUT2D eigenvalue weighted by molar-refractivity contribution is 7.99. The van der Waals surface area contributed by atoms with E-state index < -0.39 is 0 Å². The summed E-state index contributed by atoms with van der Waals surface area (Å²) in [4.78, 5) is 16.8. The fourth-order valence-corrected chi connectivity index (χ4v) is 4.19. The number of amides is 1. The highest BCUT2D eigenvalue weighted by Gasteiger charge is 2.20. The van der Waals surface area contributed by atoms with E-state index in [1.54, 1.807) is 18.9 Å². The van der Waals surface area contributed by atoms with Crippen LogP contribution in [-0.4, -0.2) is 29.8 Å². The van der Waals surface area contributed by atoms with Crippen LogP contribution in [0.25, 0.3) is 11.5 Å². The highest BCUT2D eigenvalue weighted by Crippen LogP contribution is 2.27. The third-order valence-electron chi connectivity index (χ3n) is 5.06. The third kappa shape index (κ3) is 5.51. The Hall–Kier alpha value is -1.95. The SMILES string of the molecule is COc1cccc(-c2nc(CSCC(=O)NC3CCC(C)CC3)c(C)o2)c1. The number of benzene rings is 1. The second kappa shape index (κ2) is 9.31. The number of nitrogens with zero attached hydrogens (tertiary/aromatic N) is 1. The van der Waals surface area contributed by atoms with Crippen LogP contribution in [0.15, 0.2) is 28.7 Å². The van der Waals surface area contributed by atoms with Gasteiger partial charge in [-0.05, 0) is 56.7 Å². The van der Waals surface area contributed by atoms with Crippen LogP contribution < -0.4 is 10.1 Å². The number of carbonyl (C=O) groups excluding carboxylic acids is 1. The van der Waals surface area contributed by atoms with Gasteiger partial charge in [0, 0.05) is 17.4 Å². The van der Waals surface area contributed by atoms with Gasteiger partial charge in [-0.2, -0.15) is 0 Å². The zero-order chi connectivity index (χ0) is 19.2. The average molecular weight is 389 g/mol. The molecule has 1 saturated carbocycles. The van der Waals surface area contributed by atoms with Gasteiger partial charge in [0.25, 0.3) is 0 Å². The van der Waals surface area contributed by atoms with Crippen LogP contribution >= 0.6 is 11.8 Å². The van der Waals surface area contributed by atoms with Gasteiger partial charge in [-0.1, -0.05) is 13.0 Å². The Kier molecular flexibility index (Phi) is 6.83. The summed E-state index contributed by atoms with van der Waals surface area (Å²) in [5, 5.41) is 3.17. The Morgan fingerprint density at radius 1 is 1.33 bits per heavy atom. The van der Waals surface area contributed by atoms with Gasteiger partial charge >= 0.3 is 0 Å². The molecule has 0 radical (unpaired) electrons. The first-order chi connectivity index (χ1) is 13.0. The van der Waals surface area contributed by atoms with E-state index in [0.717, 1.165) is 41.5 Å². The molecule has 0 aliphatic heterocycles. The normalized spacial score (nSPS) is 19.7. The van der Waals surface area contributed by atoms with Crippen molar-refractivity contribution in [1.82, 2.24) is 10.3 Å². The zero-order valence-corrected chi connectivity index (χ0v) is 17.1. The highest BCUT2D eigenvalue weighted by atomic mass is 32.2. The predicted octanol–water partition coefficient (Wildman–Crippen LogP) is 4.59. The van der Waals surface area contributed by atoms with Gasteiger partial charge in [0.1, 0.15) is 11.5 Å². The molecular weight excluding hydrogens is 360 g/mol. The lowest BCUT2D eigenvalue weighted by molar-refractivity contribution is -0.119. The molecule has 1 fully saturated rings. The molecule has 146 valence electrons. The lowest BCUT2D eigenvalue weighted by Crippen LogP contribution is -2.38. The smallest absolute Gasteiger partial charge is 0.230 e.